The first-order chi connectivity index (χ1) is 12.5. The van der Waals surface area contributed by atoms with Crippen LogP contribution in [0.1, 0.15) is 34.8 Å². The second kappa shape index (κ2) is 7.70. The van der Waals surface area contributed by atoms with Gasteiger partial charge in [-0.3, -0.25) is 9.59 Å². The summed E-state index contributed by atoms with van der Waals surface area (Å²) in [5.41, 5.74) is 7.58. The quantitative estimate of drug-likeness (QED) is 0.874. The van der Waals surface area contributed by atoms with Crippen LogP contribution in [0.4, 0.5) is 0 Å². The van der Waals surface area contributed by atoms with Gasteiger partial charge in [0, 0.05) is 25.2 Å². The van der Waals surface area contributed by atoms with E-state index in [9.17, 15) is 9.59 Å². The van der Waals surface area contributed by atoms with Crippen molar-refractivity contribution in [3.63, 3.8) is 0 Å². The molecule has 1 aliphatic heterocycles. The van der Waals surface area contributed by atoms with Crippen LogP contribution >= 0.6 is 0 Å². The lowest BCUT2D eigenvalue weighted by Gasteiger charge is -2.33. The van der Waals surface area contributed by atoms with Crippen LogP contribution in [0.2, 0.25) is 0 Å². The van der Waals surface area contributed by atoms with E-state index in [-0.39, 0.29) is 11.8 Å². The van der Waals surface area contributed by atoms with Gasteiger partial charge in [0.2, 0.25) is 5.91 Å². The van der Waals surface area contributed by atoms with Crippen LogP contribution in [0.25, 0.3) is 5.69 Å². The summed E-state index contributed by atoms with van der Waals surface area (Å²) in [5, 5.41) is 4.65. The van der Waals surface area contributed by atoms with Crippen molar-refractivity contribution in [3.8, 4) is 5.69 Å². The predicted molar refractivity (Wildman–Crippen MR) is 99.2 cm³/mol. The molecule has 2 aromatic rings. The van der Waals surface area contributed by atoms with Crippen LogP contribution in [-0.2, 0) is 4.79 Å². The van der Waals surface area contributed by atoms with Gasteiger partial charge in [0.15, 0.2) is 0 Å². The first-order valence-corrected chi connectivity index (χ1v) is 8.83. The number of hydrogen-bond donors (Lipinski definition) is 1. The minimum atomic E-state index is -0.487. The van der Waals surface area contributed by atoms with Crippen LogP contribution in [0, 0.1) is 0 Å². The molecule has 0 aliphatic carbocycles. The third-order valence-electron chi connectivity index (χ3n) is 4.64. The summed E-state index contributed by atoms with van der Waals surface area (Å²) in [7, 11) is 3.76. The highest BCUT2D eigenvalue weighted by atomic mass is 16.2. The Kier molecular flexibility index (Phi) is 5.37. The maximum absolute atomic E-state index is 12.4. The van der Waals surface area contributed by atoms with Gasteiger partial charge in [0.05, 0.1) is 23.5 Å². The van der Waals surface area contributed by atoms with E-state index < -0.39 is 5.91 Å². The zero-order valence-electron chi connectivity index (χ0n) is 15.3. The first-order valence-electron chi connectivity index (χ1n) is 8.83. The molecule has 0 bridgehead atoms. The Bertz CT molecular complexity index is 784. The number of carbonyl (C=O) groups is 2. The van der Waals surface area contributed by atoms with Crippen molar-refractivity contribution < 1.29 is 9.59 Å². The highest BCUT2D eigenvalue weighted by molar-refractivity contribution is 5.94. The highest BCUT2D eigenvalue weighted by Crippen LogP contribution is 2.29. The van der Waals surface area contributed by atoms with Gasteiger partial charge in [-0.05, 0) is 39.1 Å². The number of likely N-dealkylation sites (N-methyl/N-ethyl adjacent to an activating group) is 1. The molecule has 1 atom stereocenters. The second-order valence-corrected chi connectivity index (χ2v) is 6.99. The molecule has 3 rings (SSSR count). The third-order valence-corrected chi connectivity index (χ3v) is 4.64. The fraction of sp³-hybridized carbons (Fsp3) is 0.421. The van der Waals surface area contributed by atoms with E-state index in [1.54, 1.807) is 10.9 Å². The van der Waals surface area contributed by atoms with Gasteiger partial charge in [-0.15, -0.1) is 0 Å². The number of nitrogens with zero attached hydrogens (tertiary/aromatic N) is 4. The number of rotatable bonds is 5. The van der Waals surface area contributed by atoms with E-state index >= 15 is 0 Å². The molecule has 0 unspecified atom stereocenters. The average Bonchev–Trinajstić information content (AvgIpc) is 3.08. The van der Waals surface area contributed by atoms with Gasteiger partial charge >= 0.3 is 0 Å². The van der Waals surface area contributed by atoms with E-state index in [1.165, 1.54) is 0 Å². The Morgan fingerprint density at radius 2 is 2.00 bits per heavy atom. The van der Waals surface area contributed by atoms with E-state index in [1.807, 2.05) is 54.2 Å². The number of nitrogens with two attached hydrogens (primary N) is 1. The zero-order chi connectivity index (χ0) is 18.7. The number of aromatic nitrogens is 2. The first kappa shape index (κ1) is 18.1. The van der Waals surface area contributed by atoms with E-state index in [0.717, 1.165) is 25.1 Å². The normalized spacial score (nSPS) is 17.5. The maximum atomic E-state index is 12.4. The molecular weight excluding hydrogens is 330 g/mol. The van der Waals surface area contributed by atoms with Crippen LogP contribution in [-0.4, -0.2) is 65.1 Å². The van der Waals surface area contributed by atoms with Gasteiger partial charge in [-0.2, -0.15) is 5.10 Å². The van der Waals surface area contributed by atoms with Gasteiger partial charge in [0.1, 0.15) is 0 Å². The third kappa shape index (κ3) is 3.94. The van der Waals surface area contributed by atoms with E-state index in [4.69, 9.17) is 5.73 Å². The molecule has 2 heterocycles. The fourth-order valence-corrected chi connectivity index (χ4v) is 3.39. The largest absolute Gasteiger partial charge is 0.365 e. The summed E-state index contributed by atoms with van der Waals surface area (Å²) < 4.78 is 1.69. The monoisotopic (exact) mass is 355 g/mol. The van der Waals surface area contributed by atoms with Crippen molar-refractivity contribution in [2.45, 2.75) is 18.8 Å². The average molecular weight is 355 g/mol. The second-order valence-electron chi connectivity index (χ2n) is 6.99. The summed E-state index contributed by atoms with van der Waals surface area (Å²) in [6.45, 7) is 1.70. The lowest BCUT2D eigenvalue weighted by Crippen LogP contribution is -2.43. The highest BCUT2D eigenvalue weighted by Gasteiger charge is 2.29. The SMILES string of the molecule is CN(C)CC(=O)N1CCC[C@@H](c2nn(-c3ccccc3)cc2C(N)=O)C1. The Morgan fingerprint density at radius 3 is 2.65 bits per heavy atom. The van der Waals surface area contributed by atoms with E-state index in [2.05, 4.69) is 5.10 Å². The molecule has 138 valence electrons. The smallest absolute Gasteiger partial charge is 0.252 e. The summed E-state index contributed by atoms with van der Waals surface area (Å²) in [5.74, 6) is -0.371. The van der Waals surface area contributed by atoms with Crippen molar-refractivity contribution in [2.75, 3.05) is 33.7 Å². The number of carbonyl (C=O) groups excluding carboxylic acids is 2. The number of benzene rings is 1. The molecule has 1 fully saturated rings. The van der Waals surface area contributed by atoms with Crippen LogP contribution in [0.5, 0.6) is 0 Å². The van der Waals surface area contributed by atoms with Crippen molar-refractivity contribution in [1.29, 1.82) is 0 Å². The molecule has 1 saturated heterocycles. The molecule has 7 nitrogen and oxygen atoms in total. The predicted octanol–water partition coefficient (Wildman–Crippen LogP) is 1.24. The molecule has 0 radical (unpaired) electrons. The maximum Gasteiger partial charge on any atom is 0.252 e. The molecule has 1 aromatic heterocycles. The van der Waals surface area contributed by atoms with Crippen molar-refractivity contribution >= 4 is 11.8 Å². The van der Waals surface area contributed by atoms with Crippen molar-refractivity contribution in [2.24, 2.45) is 5.73 Å². The standard InChI is InChI=1S/C19H25N5O2/c1-22(2)13-17(25)23-10-6-7-14(11-23)18-16(19(20)26)12-24(21-18)15-8-4-3-5-9-15/h3-5,8-9,12,14H,6-7,10-11,13H2,1-2H3,(H2,20,26)/t14-/m1/s1. The molecular formula is C19H25N5O2. The molecule has 0 saturated carbocycles. The van der Waals surface area contributed by atoms with Crippen LogP contribution in [0.15, 0.2) is 36.5 Å². The molecule has 1 aliphatic rings. The van der Waals surface area contributed by atoms with Crippen molar-refractivity contribution in [3.05, 3.63) is 47.8 Å². The lowest BCUT2D eigenvalue weighted by molar-refractivity contribution is -0.133. The molecule has 0 spiro atoms. The molecule has 7 heteroatoms. The number of amides is 2. The Balaban J connectivity index is 1.86. The number of primary amides is 1. The Hall–Kier alpha value is -2.67. The number of likely N-dealkylation sites (tertiary alicyclic amines) is 1. The van der Waals surface area contributed by atoms with Crippen molar-refractivity contribution in [1.82, 2.24) is 19.6 Å². The Labute approximate surface area is 153 Å². The van der Waals surface area contributed by atoms with Crippen LogP contribution in [0.3, 0.4) is 0 Å². The summed E-state index contributed by atoms with van der Waals surface area (Å²) >= 11 is 0. The lowest BCUT2D eigenvalue weighted by atomic mass is 9.92. The summed E-state index contributed by atoms with van der Waals surface area (Å²) in [4.78, 5) is 28.1. The van der Waals surface area contributed by atoms with Gasteiger partial charge in [-0.25, -0.2) is 4.68 Å². The minimum absolute atomic E-state index is 0.0160. The minimum Gasteiger partial charge on any atom is -0.365 e. The molecule has 2 N–H and O–H groups in total. The molecule has 26 heavy (non-hydrogen) atoms. The van der Waals surface area contributed by atoms with Gasteiger partial charge < -0.3 is 15.5 Å². The van der Waals surface area contributed by atoms with E-state index in [0.29, 0.717) is 24.3 Å². The zero-order valence-corrected chi connectivity index (χ0v) is 15.3. The van der Waals surface area contributed by atoms with Gasteiger partial charge in [0.25, 0.3) is 5.91 Å². The topological polar surface area (TPSA) is 84.5 Å². The molecule has 2 amide bonds. The summed E-state index contributed by atoms with van der Waals surface area (Å²) in [6.07, 6.45) is 3.46. The number of piperidine rings is 1. The van der Waals surface area contributed by atoms with Crippen LogP contribution < -0.4 is 5.73 Å². The van der Waals surface area contributed by atoms with Gasteiger partial charge in [-0.1, -0.05) is 18.2 Å². The number of para-hydroxylation sites is 1. The Morgan fingerprint density at radius 1 is 1.27 bits per heavy atom. The molecule has 1 aromatic carbocycles. The summed E-state index contributed by atoms with van der Waals surface area (Å²) in [6, 6.07) is 9.62. The number of hydrogen-bond acceptors (Lipinski definition) is 4. The fourth-order valence-electron chi connectivity index (χ4n) is 3.39.